The Hall–Kier alpha value is -1.98. The van der Waals surface area contributed by atoms with E-state index < -0.39 is 0 Å². The van der Waals surface area contributed by atoms with Crippen LogP contribution in [0, 0.1) is 0 Å². The first-order chi connectivity index (χ1) is 11.0. The average molecular weight is 397 g/mol. The molecule has 4 nitrogen and oxygen atoms in total. The number of anilines is 1. The number of benzene rings is 2. The summed E-state index contributed by atoms with van der Waals surface area (Å²) in [4.78, 5) is 12.1. The summed E-state index contributed by atoms with van der Waals surface area (Å²) in [5, 5.41) is 3.42. The number of methoxy groups -OCH3 is 2. The van der Waals surface area contributed by atoms with Gasteiger partial charge in [0.05, 0.1) is 24.4 Å². The lowest BCUT2D eigenvalue weighted by Gasteiger charge is -2.12. The van der Waals surface area contributed by atoms with E-state index in [1.807, 2.05) is 12.1 Å². The van der Waals surface area contributed by atoms with Gasteiger partial charge in [-0.15, -0.1) is 0 Å². The van der Waals surface area contributed by atoms with E-state index in [1.54, 1.807) is 37.5 Å². The lowest BCUT2D eigenvalue weighted by Crippen LogP contribution is -2.09. The SMILES string of the molecule is COc1cc(NC(=O)C=Cc2ccc(Cl)cc2)c(OC)cc1Br. The summed E-state index contributed by atoms with van der Waals surface area (Å²) in [6, 6.07) is 10.6. The van der Waals surface area contributed by atoms with Gasteiger partial charge in [-0.1, -0.05) is 23.7 Å². The second-order valence-corrected chi connectivity index (χ2v) is 5.85. The molecule has 2 aromatic carbocycles. The molecule has 23 heavy (non-hydrogen) atoms. The zero-order valence-corrected chi connectivity index (χ0v) is 14.9. The maximum atomic E-state index is 12.1. The highest BCUT2D eigenvalue weighted by molar-refractivity contribution is 9.10. The fourth-order valence-corrected chi connectivity index (χ4v) is 2.49. The Bertz CT molecular complexity index is 729. The Morgan fingerprint density at radius 2 is 1.78 bits per heavy atom. The Kier molecular flexibility index (Phi) is 6.07. The lowest BCUT2D eigenvalue weighted by atomic mass is 10.2. The highest BCUT2D eigenvalue weighted by Crippen LogP contribution is 2.36. The minimum atomic E-state index is -0.275. The monoisotopic (exact) mass is 395 g/mol. The number of nitrogens with one attached hydrogen (secondary N) is 1. The average Bonchev–Trinajstić information content (AvgIpc) is 2.55. The zero-order chi connectivity index (χ0) is 16.8. The topological polar surface area (TPSA) is 47.6 Å². The molecule has 0 saturated heterocycles. The number of halogens is 2. The Morgan fingerprint density at radius 1 is 1.13 bits per heavy atom. The van der Waals surface area contributed by atoms with Crippen molar-refractivity contribution in [3.05, 3.63) is 57.5 Å². The van der Waals surface area contributed by atoms with Crippen LogP contribution in [0.2, 0.25) is 5.02 Å². The number of hydrogen-bond acceptors (Lipinski definition) is 3. The van der Waals surface area contributed by atoms with Crippen molar-refractivity contribution >= 4 is 45.2 Å². The van der Waals surface area contributed by atoms with Crippen LogP contribution < -0.4 is 14.8 Å². The van der Waals surface area contributed by atoms with Gasteiger partial charge in [0.25, 0.3) is 0 Å². The molecule has 0 aromatic heterocycles. The molecule has 120 valence electrons. The van der Waals surface area contributed by atoms with Crippen molar-refractivity contribution in [1.82, 2.24) is 0 Å². The van der Waals surface area contributed by atoms with Crippen molar-refractivity contribution in [2.45, 2.75) is 0 Å². The van der Waals surface area contributed by atoms with Gasteiger partial charge in [0, 0.05) is 23.2 Å². The Morgan fingerprint density at radius 3 is 2.39 bits per heavy atom. The molecule has 2 rings (SSSR count). The predicted molar refractivity (Wildman–Crippen MR) is 96.4 cm³/mol. The van der Waals surface area contributed by atoms with Crippen LogP contribution in [0.15, 0.2) is 46.9 Å². The summed E-state index contributed by atoms with van der Waals surface area (Å²) in [5.41, 5.74) is 1.41. The standard InChI is InChI=1S/C17H15BrClNO3/c1-22-15-10-14(16(23-2)9-13(15)18)20-17(21)8-5-11-3-6-12(19)7-4-11/h3-10H,1-2H3,(H,20,21). The van der Waals surface area contributed by atoms with Gasteiger partial charge >= 0.3 is 0 Å². The molecule has 0 aliphatic carbocycles. The summed E-state index contributed by atoms with van der Waals surface area (Å²) < 4.78 is 11.2. The van der Waals surface area contributed by atoms with E-state index >= 15 is 0 Å². The molecule has 1 amide bonds. The van der Waals surface area contributed by atoms with Crippen LogP contribution in [0.5, 0.6) is 11.5 Å². The molecule has 0 bridgehead atoms. The van der Waals surface area contributed by atoms with Crippen molar-refractivity contribution in [2.24, 2.45) is 0 Å². The summed E-state index contributed by atoms with van der Waals surface area (Å²) in [7, 11) is 3.09. The molecular formula is C17H15BrClNO3. The number of hydrogen-bond donors (Lipinski definition) is 1. The van der Waals surface area contributed by atoms with E-state index in [-0.39, 0.29) is 5.91 Å². The van der Waals surface area contributed by atoms with Gasteiger partial charge in [-0.25, -0.2) is 0 Å². The summed E-state index contributed by atoms with van der Waals surface area (Å²) in [5.74, 6) is 0.858. The molecule has 1 N–H and O–H groups in total. The summed E-state index contributed by atoms with van der Waals surface area (Å²) >= 11 is 9.20. The van der Waals surface area contributed by atoms with Crippen molar-refractivity contribution in [1.29, 1.82) is 0 Å². The minimum absolute atomic E-state index is 0.275. The van der Waals surface area contributed by atoms with Crippen LogP contribution in [-0.2, 0) is 4.79 Å². The largest absolute Gasteiger partial charge is 0.495 e. The van der Waals surface area contributed by atoms with E-state index in [0.29, 0.717) is 22.2 Å². The number of carbonyl (C=O) groups is 1. The molecular weight excluding hydrogens is 382 g/mol. The minimum Gasteiger partial charge on any atom is -0.495 e. The van der Waals surface area contributed by atoms with Crippen LogP contribution >= 0.6 is 27.5 Å². The van der Waals surface area contributed by atoms with Gasteiger partial charge in [-0.05, 0) is 39.7 Å². The van der Waals surface area contributed by atoms with E-state index in [9.17, 15) is 4.79 Å². The predicted octanol–water partition coefficient (Wildman–Crippen LogP) is 4.77. The molecule has 6 heteroatoms. The van der Waals surface area contributed by atoms with Crippen molar-refractivity contribution < 1.29 is 14.3 Å². The fraction of sp³-hybridized carbons (Fsp3) is 0.118. The van der Waals surface area contributed by atoms with E-state index in [4.69, 9.17) is 21.1 Å². The van der Waals surface area contributed by atoms with E-state index in [0.717, 1.165) is 10.0 Å². The highest BCUT2D eigenvalue weighted by Gasteiger charge is 2.11. The second kappa shape index (κ2) is 8.04. The second-order valence-electron chi connectivity index (χ2n) is 4.56. The maximum Gasteiger partial charge on any atom is 0.248 e. The first-order valence-corrected chi connectivity index (χ1v) is 7.86. The lowest BCUT2D eigenvalue weighted by molar-refractivity contribution is -0.111. The third kappa shape index (κ3) is 4.74. The Labute approximate surface area is 148 Å². The summed E-state index contributed by atoms with van der Waals surface area (Å²) in [6.07, 6.45) is 3.14. The fourth-order valence-electron chi connectivity index (χ4n) is 1.88. The first kappa shape index (κ1) is 17.4. The number of rotatable bonds is 5. The van der Waals surface area contributed by atoms with Gasteiger partial charge in [0.15, 0.2) is 0 Å². The third-order valence-electron chi connectivity index (χ3n) is 3.03. The molecule has 2 aromatic rings. The van der Waals surface area contributed by atoms with Crippen LogP contribution in [0.3, 0.4) is 0 Å². The molecule has 0 radical (unpaired) electrons. The Balaban J connectivity index is 2.14. The highest BCUT2D eigenvalue weighted by atomic mass is 79.9. The van der Waals surface area contributed by atoms with Gasteiger partial charge in [0.1, 0.15) is 11.5 Å². The first-order valence-electron chi connectivity index (χ1n) is 6.69. The van der Waals surface area contributed by atoms with E-state index in [2.05, 4.69) is 21.2 Å². The molecule has 0 saturated carbocycles. The van der Waals surface area contributed by atoms with Gasteiger partial charge in [0.2, 0.25) is 5.91 Å². The molecule has 0 fully saturated rings. The third-order valence-corrected chi connectivity index (χ3v) is 3.90. The summed E-state index contributed by atoms with van der Waals surface area (Å²) in [6.45, 7) is 0. The number of amides is 1. The molecule has 0 aliphatic heterocycles. The van der Waals surface area contributed by atoms with Crippen molar-refractivity contribution in [3.8, 4) is 11.5 Å². The van der Waals surface area contributed by atoms with Crippen LogP contribution in [0.25, 0.3) is 6.08 Å². The quantitative estimate of drug-likeness (QED) is 0.741. The molecule has 0 unspecified atom stereocenters. The zero-order valence-electron chi connectivity index (χ0n) is 12.6. The molecule has 0 heterocycles. The molecule has 0 aliphatic rings. The maximum absolute atomic E-state index is 12.1. The van der Waals surface area contributed by atoms with Crippen molar-refractivity contribution in [2.75, 3.05) is 19.5 Å². The van der Waals surface area contributed by atoms with Crippen LogP contribution in [-0.4, -0.2) is 20.1 Å². The normalized spacial score (nSPS) is 10.6. The van der Waals surface area contributed by atoms with Crippen LogP contribution in [0.1, 0.15) is 5.56 Å². The molecule has 0 spiro atoms. The smallest absolute Gasteiger partial charge is 0.248 e. The van der Waals surface area contributed by atoms with Gasteiger partial charge < -0.3 is 14.8 Å². The molecule has 0 atom stereocenters. The van der Waals surface area contributed by atoms with Gasteiger partial charge in [-0.2, -0.15) is 0 Å². The van der Waals surface area contributed by atoms with Crippen LogP contribution in [0.4, 0.5) is 5.69 Å². The van der Waals surface area contributed by atoms with E-state index in [1.165, 1.54) is 13.2 Å². The van der Waals surface area contributed by atoms with Crippen molar-refractivity contribution in [3.63, 3.8) is 0 Å². The van der Waals surface area contributed by atoms with Gasteiger partial charge in [-0.3, -0.25) is 4.79 Å². The number of carbonyl (C=O) groups excluding carboxylic acids is 1. The number of ether oxygens (including phenoxy) is 2.